The van der Waals surface area contributed by atoms with Gasteiger partial charge in [-0.1, -0.05) is 0 Å². The average molecular weight is 139 g/mol. The monoisotopic (exact) mass is 139 g/mol. The van der Waals surface area contributed by atoms with E-state index in [0.717, 1.165) is 13.0 Å². The van der Waals surface area contributed by atoms with Crippen LogP contribution in [0.5, 0.6) is 0 Å². The molecule has 0 aromatic rings. The summed E-state index contributed by atoms with van der Waals surface area (Å²) < 4.78 is 0. The van der Waals surface area contributed by atoms with Gasteiger partial charge in [0.15, 0.2) is 11.6 Å². The number of Topliss-reactive ketones (excluding diaryl/α,β-unsaturated/α-hetero) is 2. The predicted molar refractivity (Wildman–Crippen MR) is 34.6 cm³/mol. The maximum absolute atomic E-state index is 11.0. The summed E-state index contributed by atoms with van der Waals surface area (Å²) >= 11 is 0. The Balaban J connectivity index is 2.26. The van der Waals surface area contributed by atoms with Gasteiger partial charge in [-0.25, -0.2) is 0 Å². The summed E-state index contributed by atoms with van der Waals surface area (Å²) in [5.74, 6) is 0.0231. The van der Waals surface area contributed by atoms with Crippen molar-refractivity contribution in [1.82, 2.24) is 4.90 Å². The van der Waals surface area contributed by atoms with Gasteiger partial charge >= 0.3 is 0 Å². The van der Waals surface area contributed by atoms with Crippen molar-refractivity contribution >= 4 is 11.6 Å². The number of fused-ring (bicyclic) bond motifs is 3. The Morgan fingerprint density at radius 3 is 2.10 bits per heavy atom. The van der Waals surface area contributed by atoms with Crippen LogP contribution in [-0.4, -0.2) is 36.1 Å². The molecule has 3 heteroatoms. The fraction of sp³-hybridized carbons (Fsp3) is 0.714. The third kappa shape index (κ3) is 0.703. The van der Waals surface area contributed by atoms with Crippen LogP contribution in [0.25, 0.3) is 0 Å². The van der Waals surface area contributed by atoms with Crippen molar-refractivity contribution < 1.29 is 9.59 Å². The Labute approximate surface area is 59.0 Å². The Kier molecular flexibility index (Phi) is 1.14. The van der Waals surface area contributed by atoms with Crippen LogP contribution in [0.4, 0.5) is 0 Å². The molecular weight excluding hydrogens is 130 g/mol. The van der Waals surface area contributed by atoms with Crippen molar-refractivity contribution in [1.29, 1.82) is 0 Å². The topological polar surface area (TPSA) is 37.4 Å². The molecule has 0 spiro atoms. The van der Waals surface area contributed by atoms with Gasteiger partial charge in [-0.15, -0.1) is 0 Å². The first-order valence-corrected chi connectivity index (χ1v) is 3.55. The zero-order chi connectivity index (χ0) is 7.14. The predicted octanol–water partition coefficient (Wildman–Crippen LogP) is -0.540. The molecule has 54 valence electrons. The van der Waals surface area contributed by atoms with Gasteiger partial charge in [0.2, 0.25) is 0 Å². The van der Waals surface area contributed by atoms with Gasteiger partial charge in [0, 0.05) is 6.54 Å². The number of piperidine rings is 3. The van der Waals surface area contributed by atoms with E-state index in [4.69, 9.17) is 0 Å². The molecule has 0 N–H and O–H groups in total. The maximum Gasteiger partial charge on any atom is 0.157 e. The fourth-order valence-electron chi connectivity index (χ4n) is 1.69. The molecule has 0 unspecified atom stereocenters. The zero-order valence-corrected chi connectivity index (χ0v) is 5.67. The standard InChI is InChI=1S/C7H9NO2/c9-6-3-8-2-1-5(6)7(10)4-8/h5H,1-4H2. The van der Waals surface area contributed by atoms with Gasteiger partial charge in [0.1, 0.15) is 0 Å². The van der Waals surface area contributed by atoms with Gasteiger partial charge < -0.3 is 0 Å². The van der Waals surface area contributed by atoms with Crippen molar-refractivity contribution in [3.05, 3.63) is 0 Å². The second-order valence-corrected chi connectivity index (χ2v) is 2.98. The van der Waals surface area contributed by atoms with E-state index in [9.17, 15) is 9.59 Å². The number of hydrogen-bond donors (Lipinski definition) is 0. The first-order valence-electron chi connectivity index (χ1n) is 3.55. The zero-order valence-electron chi connectivity index (χ0n) is 5.67. The van der Waals surface area contributed by atoms with E-state index in [2.05, 4.69) is 0 Å². The van der Waals surface area contributed by atoms with E-state index in [0.29, 0.717) is 13.1 Å². The largest absolute Gasteiger partial charge is 0.297 e. The van der Waals surface area contributed by atoms with Crippen LogP contribution in [0.3, 0.4) is 0 Å². The minimum atomic E-state index is -0.231. The minimum absolute atomic E-state index is 0.127. The van der Waals surface area contributed by atoms with Crippen LogP contribution in [0.1, 0.15) is 6.42 Å². The molecule has 3 saturated heterocycles. The Bertz CT molecular complexity index is 182. The van der Waals surface area contributed by atoms with Gasteiger partial charge in [-0.3, -0.25) is 14.5 Å². The number of nitrogens with zero attached hydrogens (tertiary/aromatic N) is 1. The normalized spacial score (nSPS) is 38.8. The molecule has 3 aliphatic heterocycles. The summed E-state index contributed by atoms with van der Waals surface area (Å²) in [5, 5.41) is 0. The average Bonchev–Trinajstić information content (AvgIpc) is 1.86. The molecule has 0 amide bonds. The van der Waals surface area contributed by atoms with Gasteiger partial charge in [0.25, 0.3) is 0 Å². The Hall–Kier alpha value is -0.700. The lowest BCUT2D eigenvalue weighted by atomic mass is 9.86. The molecule has 3 nitrogen and oxygen atoms in total. The molecular formula is C7H9NO2. The van der Waals surface area contributed by atoms with E-state index in [-0.39, 0.29) is 17.5 Å². The molecule has 0 aliphatic carbocycles. The van der Waals surface area contributed by atoms with E-state index >= 15 is 0 Å². The second kappa shape index (κ2) is 1.89. The molecule has 3 fully saturated rings. The summed E-state index contributed by atoms with van der Waals surface area (Å²) in [7, 11) is 0. The number of ketones is 2. The van der Waals surface area contributed by atoms with Gasteiger partial charge in [-0.05, 0) is 6.42 Å². The first-order chi connectivity index (χ1) is 4.77. The Morgan fingerprint density at radius 2 is 1.80 bits per heavy atom. The minimum Gasteiger partial charge on any atom is -0.297 e. The van der Waals surface area contributed by atoms with Crippen molar-refractivity contribution in [2.75, 3.05) is 19.6 Å². The van der Waals surface area contributed by atoms with Crippen molar-refractivity contribution in [3.63, 3.8) is 0 Å². The summed E-state index contributed by atoms with van der Waals surface area (Å²) in [4.78, 5) is 23.9. The van der Waals surface area contributed by atoms with Gasteiger partial charge in [-0.2, -0.15) is 0 Å². The van der Waals surface area contributed by atoms with Crippen molar-refractivity contribution in [3.8, 4) is 0 Å². The molecule has 0 aromatic heterocycles. The van der Waals surface area contributed by atoms with Crippen molar-refractivity contribution in [2.24, 2.45) is 5.92 Å². The van der Waals surface area contributed by atoms with E-state index in [1.54, 1.807) is 0 Å². The highest BCUT2D eigenvalue weighted by molar-refractivity contribution is 6.06. The lowest BCUT2D eigenvalue weighted by Gasteiger charge is -2.35. The SMILES string of the molecule is O=C1CN2CCC1C(=O)C2. The third-order valence-electron chi connectivity index (χ3n) is 2.27. The molecule has 0 saturated carbocycles. The van der Waals surface area contributed by atoms with E-state index in [1.165, 1.54) is 0 Å². The second-order valence-electron chi connectivity index (χ2n) is 2.98. The van der Waals surface area contributed by atoms with Crippen LogP contribution < -0.4 is 0 Å². The van der Waals surface area contributed by atoms with Gasteiger partial charge in [0.05, 0.1) is 19.0 Å². The summed E-state index contributed by atoms with van der Waals surface area (Å²) in [6.45, 7) is 1.95. The molecule has 0 aromatic carbocycles. The maximum atomic E-state index is 11.0. The highest BCUT2D eigenvalue weighted by Gasteiger charge is 2.38. The highest BCUT2D eigenvalue weighted by Crippen LogP contribution is 2.20. The molecule has 3 heterocycles. The lowest BCUT2D eigenvalue weighted by molar-refractivity contribution is -0.142. The smallest absolute Gasteiger partial charge is 0.157 e. The Morgan fingerprint density at radius 1 is 1.20 bits per heavy atom. The van der Waals surface area contributed by atoms with Crippen LogP contribution >= 0.6 is 0 Å². The van der Waals surface area contributed by atoms with Crippen LogP contribution in [0.15, 0.2) is 0 Å². The number of rotatable bonds is 0. The molecule has 0 atom stereocenters. The number of carbonyl (C=O) groups excluding carboxylic acids is 2. The quantitative estimate of drug-likeness (QED) is 0.423. The van der Waals surface area contributed by atoms with Crippen molar-refractivity contribution in [2.45, 2.75) is 6.42 Å². The molecule has 3 aliphatic rings. The fourth-order valence-corrected chi connectivity index (χ4v) is 1.69. The van der Waals surface area contributed by atoms with Crippen LogP contribution in [-0.2, 0) is 9.59 Å². The summed E-state index contributed by atoms with van der Waals surface area (Å²) in [5.41, 5.74) is 0. The van der Waals surface area contributed by atoms with E-state index < -0.39 is 0 Å². The summed E-state index contributed by atoms with van der Waals surface area (Å²) in [6.07, 6.45) is 0.762. The summed E-state index contributed by atoms with van der Waals surface area (Å²) in [6, 6.07) is 0. The van der Waals surface area contributed by atoms with Crippen LogP contribution in [0.2, 0.25) is 0 Å². The van der Waals surface area contributed by atoms with E-state index in [1.807, 2.05) is 4.90 Å². The molecule has 10 heavy (non-hydrogen) atoms. The highest BCUT2D eigenvalue weighted by atomic mass is 16.2. The lowest BCUT2D eigenvalue weighted by Crippen LogP contribution is -2.53. The first kappa shape index (κ1) is 6.04. The third-order valence-corrected chi connectivity index (χ3v) is 2.27. The van der Waals surface area contributed by atoms with Crippen LogP contribution in [0, 0.1) is 5.92 Å². The molecule has 2 bridgehead atoms. The molecule has 3 rings (SSSR count). The number of hydrogen-bond acceptors (Lipinski definition) is 3. The number of carbonyl (C=O) groups is 2. The molecule has 0 radical (unpaired) electrons.